The Morgan fingerprint density at radius 3 is 2.33 bits per heavy atom. The fourth-order valence-electron chi connectivity index (χ4n) is 2.13. The standard InChI is InChI=1S/C16H19NO4/c1-10(2)21-9-8-17-15(19)13(14(18)16(17)20)12-6-4-11(3)5-7-12/h4-7,10,18H,8-9H2,1-3H3. The van der Waals surface area contributed by atoms with Crippen molar-refractivity contribution >= 4 is 17.4 Å². The molecule has 21 heavy (non-hydrogen) atoms. The number of hydrogen-bond donors (Lipinski definition) is 1. The predicted molar refractivity (Wildman–Crippen MR) is 78.5 cm³/mol. The molecule has 0 saturated carbocycles. The van der Waals surface area contributed by atoms with Gasteiger partial charge in [0, 0.05) is 0 Å². The molecule has 0 spiro atoms. The zero-order valence-electron chi connectivity index (χ0n) is 12.4. The minimum Gasteiger partial charge on any atom is -0.502 e. The number of ether oxygens (including phenoxy) is 1. The van der Waals surface area contributed by atoms with Crippen molar-refractivity contribution in [3.63, 3.8) is 0 Å². The number of imide groups is 1. The second kappa shape index (κ2) is 6.10. The maximum absolute atomic E-state index is 12.3. The molecule has 0 fully saturated rings. The molecule has 1 aromatic rings. The largest absolute Gasteiger partial charge is 0.502 e. The van der Waals surface area contributed by atoms with Crippen LogP contribution in [0, 0.1) is 6.92 Å². The predicted octanol–water partition coefficient (Wildman–Crippen LogP) is 2.06. The lowest BCUT2D eigenvalue weighted by atomic mass is 10.0. The van der Waals surface area contributed by atoms with E-state index >= 15 is 0 Å². The molecule has 5 heteroatoms. The van der Waals surface area contributed by atoms with E-state index in [1.54, 1.807) is 12.1 Å². The van der Waals surface area contributed by atoms with Gasteiger partial charge in [-0.2, -0.15) is 0 Å². The molecule has 0 aromatic heterocycles. The van der Waals surface area contributed by atoms with Crippen LogP contribution in [0.5, 0.6) is 0 Å². The Morgan fingerprint density at radius 2 is 1.76 bits per heavy atom. The lowest BCUT2D eigenvalue weighted by molar-refractivity contribution is -0.139. The lowest BCUT2D eigenvalue weighted by Crippen LogP contribution is -2.35. The minimum atomic E-state index is -0.664. The van der Waals surface area contributed by atoms with Crippen molar-refractivity contribution < 1.29 is 19.4 Å². The fourth-order valence-corrected chi connectivity index (χ4v) is 2.13. The Labute approximate surface area is 123 Å². The molecule has 0 bridgehead atoms. The first-order chi connectivity index (χ1) is 9.91. The van der Waals surface area contributed by atoms with Crippen LogP contribution >= 0.6 is 0 Å². The third kappa shape index (κ3) is 3.13. The van der Waals surface area contributed by atoms with Gasteiger partial charge in [-0.1, -0.05) is 29.8 Å². The Morgan fingerprint density at radius 1 is 1.14 bits per heavy atom. The molecule has 1 N–H and O–H groups in total. The van der Waals surface area contributed by atoms with Gasteiger partial charge in [0.2, 0.25) is 0 Å². The summed E-state index contributed by atoms with van der Waals surface area (Å²) in [6.07, 6.45) is 0.0240. The van der Waals surface area contributed by atoms with Crippen LogP contribution in [0.25, 0.3) is 5.57 Å². The fraction of sp³-hybridized carbons (Fsp3) is 0.375. The van der Waals surface area contributed by atoms with E-state index in [1.165, 1.54) is 0 Å². The third-order valence-electron chi connectivity index (χ3n) is 3.25. The molecular weight excluding hydrogens is 270 g/mol. The summed E-state index contributed by atoms with van der Waals surface area (Å²) in [5, 5.41) is 9.96. The molecule has 1 aromatic carbocycles. The second-order valence-corrected chi connectivity index (χ2v) is 5.27. The number of rotatable bonds is 5. The number of nitrogens with zero attached hydrogens (tertiary/aromatic N) is 1. The molecule has 0 atom stereocenters. The first-order valence-electron chi connectivity index (χ1n) is 6.90. The minimum absolute atomic E-state index is 0.0240. The topological polar surface area (TPSA) is 66.8 Å². The van der Waals surface area contributed by atoms with E-state index < -0.39 is 17.6 Å². The average molecular weight is 289 g/mol. The third-order valence-corrected chi connectivity index (χ3v) is 3.25. The van der Waals surface area contributed by atoms with E-state index in [9.17, 15) is 14.7 Å². The number of aliphatic hydroxyl groups is 1. The molecule has 1 heterocycles. The van der Waals surface area contributed by atoms with Gasteiger partial charge >= 0.3 is 0 Å². The lowest BCUT2D eigenvalue weighted by Gasteiger charge is -2.15. The van der Waals surface area contributed by atoms with Crippen molar-refractivity contribution in [1.82, 2.24) is 4.90 Å². The molecule has 0 aliphatic carbocycles. The molecule has 2 amide bonds. The number of hydrogen-bond acceptors (Lipinski definition) is 4. The van der Waals surface area contributed by atoms with Gasteiger partial charge in [-0.05, 0) is 26.3 Å². The second-order valence-electron chi connectivity index (χ2n) is 5.27. The highest BCUT2D eigenvalue weighted by molar-refractivity contribution is 6.34. The number of benzene rings is 1. The van der Waals surface area contributed by atoms with Gasteiger partial charge < -0.3 is 9.84 Å². The van der Waals surface area contributed by atoms with E-state index in [2.05, 4.69) is 0 Å². The van der Waals surface area contributed by atoms with Crippen LogP contribution in [-0.2, 0) is 14.3 Å². The quantitative estimate of drug-likeness (QED) is 0.843. The molecule has 0 radical (unpaired) electrons. The van der Waals surface area contributed by atoms with Crippen molar-refractivity contribution in [3.05, 3.63) is 41.2 Å². The van der Waals surface area contributed by atoms with E-state index in [4.69, 9.17) is 4.74 Å². The SMILES string of the molecule is Cc1ccc(C2=C(O)C(=O)N(CCOC(C)C)C2=O)cc1. The Kier molecular flexibility index (Phi) is 4.43. The van der Waals surface area contributed by atoms with Crippen molar-refractivity contribution in [3.8, 4) is 0 Å². The van der Waals surface area contributed by atoms with E-state index in [-0.39, 0.29) is 24.8 Å². The van der Waals surface area contributed by atoms with E-state index in [0.717, 1.165) is 10.5 Å². The summed E-state index contributed by atoms with van der Waals surface area (Å²) >= 11 is 0. The van der Waals surface area contributed by atoms with Gasteiger partial charge in [0.25, 0.3) is 11.8 Å². The molecule has 0 saturated heterocycles. The zero-order chi connectivity index (χ0) is 15.6. The Bertz CT molecular complexity index is 587. The van der Waals surface area contributed by atoms with Crippen molar-refractivity contribution in [1.29, 1.82) is 0 Å². The number of carbonyl (C=O) groups excluding carboxylic acids is 2. The van der Waals surface area contributed by atoms with Crippen LogP contribution in [0.4, 0.5) is 0 Å². The van der Waals surface area contributed by atoms with Crippen molar-refractivity contribution in [2.24, 2.45) is 0 Å². The van der Waals surface area contributed by atoms with E-state index in [1.807, 2.05) is 32.9 Å². The summed E-state index contributed by atoms with van der Waals surface area (Å²) in [6.45, 7) is 6.07. The summed E-state index contributed by atoms with van der Waals surface area (Å²) < 4.78 is 5.35. The maximum atomic E-state index is 12.3. The number of aryl methyl sites for hydroxylation is 1. The molecule has 1 aliphatic rings. The van der Waals surface area contributed by atoms with Crippen LogP contribution in [0.3, 0.4) is 0 Å². The summed E-state index contributed by atoms with van der Waals surface area (Å²) in [6, 6.07) is 7.11. The van der Waals surface area contributed by atoms with Gasteiger partial charge in [0.05, 0.1) is 24.8 Å². The highest BCUT2D eigenvalue weighted by atomic mass is 16.5. The summed E-state index contributed by atoms with van der Waals surface area (Å²) in [7, 11) is 0. The van der Waals surface area contributed by atoms with Gasteiger partial charge in [0.1, 0.15) is 0 Å². The van der Waals surface area contributed by atoms with Gasteiger partial charge in [-0.25, -0.2) is 0 Å². The Hall–Kier alpha value is -2.14. The molecule has 1 aliphatic heterocycles. The molecule has 2 rings (SSSR count). The number of aliphatic hydroxyl groups excluding tert-OH is 1. The van der Waals surface area contributed by atoms with E-state index in [0.29, 0.717) is 5.56 Å². The normalized spacial score (nSPS) is 15.5. The smallest absolute Gasteiger partial charge is 0.296 e. The Balaban J connectivity index is 2.18. The highest BCUT2D eigenvalue weighted by Crippen LogP contribution is 2.27. The van der Waals surface area contributed by atoms with Crippen LogP contribution in [0.15, 0.2) is 30.0 Å². The van der Waals surface area contributed by atoms with Gasteiger partial charge in [-0.3, -0.25) is 14.5 Å². The average Bonchev–Trinajstić information content (AvgIpc) is 2.64. The summed E-state index contributed by atoms with van der Waals surface area (Å²) in [5.74, 6) is -1.63. The summed E-state index contributed by atoms with van der Waals surface area (Å²) in [4.78, 5) is 25.3. The van der Waals surface area contributed by atoms with Crippen LogP contribution in [0.1, 0.15) is 25.0 Å². The van der Waals surface area contributed by atoms with Crippen molar-refractivity contribution in [2.75, 3.05) is 13.2 Å². The van der Waals surface area contributed by atoms with Crippen LogP contribution in [0.2, 0.25) is 0 Å². The monoisotopic (exact) mass is 289 g/mol. The van der Waals surface area contributed by atoms with Gasteiger partial charge in [-0.15, -0.1) is 0 Å². The van der Waals surface area contributed by atoms with Crippen molar-refractivity contribution in [2.45, 2.75) is 26.9 Å². The zero-order valence-corrected chi connectivity index (χ0v) is 12.4. The first kappa shape index (κ1) is 15.3. The maximum Gasteiger partial charge on any atom is 0.296 e. The number of carbonyl (C=O) groups is 2. The van der Waals surface area contributed by atoms with Crippen LogP contribution < -0.4 is 0 Å². The molecule has 112 valence electrons. The van der Waals surface area contributed by atoms with Crippen LogP contribution in [-0.4, -0.2) is 41.1 Å². The molecule has 0 unspecified atom stereocenters. The highest BCUT2D eigenvalue weighted by Gasteiger charge is 2.38. The van der Waals surface area contributed by atoms with Gasteiger partial charge in [0.15, 0.2) is 5.76 Å². The number of amides is 2. The summed E-state index contributed by atoms with van der Waals surface area (Å²) in [5.41, 5.74) is 1.64. The first-order valence-corrected chi connectivity index (χ1v) is 6.90. The molecule has 5 nitrogen and oxygen atoms in total. The molecular formula is C16H19NO4.